The van der Waals surface area contributed by atoms with Crippen LogP contribution in [0.1, 0.15) is 23.0 Å². The van der Waals surface area contributed by atoms with Crippen LogP contribution in [0.15, 0.2) is 59.0 Å². The van der Waals surface area contributed by atoms with Gasteiger partial charge in [-0.3, -0.25) is 4.79 Å². The van der Waals surface area contributed by atoms with Crippen LogP contribution in [-0.4, -0.2) is 25.1 Å². The molecule has 3 aromatic rings. The van der Waals surface area contributed by atoms with Crippen molar-refractivity contribution in [3.63, 3.8) is 0 Å². The predicted molar refractivity (Wildman–Crippen MR) is 105 cm³/mol. The van der Waals surface area contributed by atoms with Crippen LogP contribution >= 0.6 is 0 Å². The van der Waals surface area contributed by atoms with Gasteiger partial charge in [-0.1, -0.05) is 18.2 Å². The molecule has 0 fully saturated rings. The number of furan rings is 1. The Balaban J connectivity index is 1.67. The maximum Gasteiger partial charge on any atom is 0.375 e. The van der Waals surface area contributed by atoms with Gasteiger partial charge >= 0.3 is 5.97 Å². The van der Waals surface area contributed by atoms with Gasteiger partial charge in [-0.25, -0.2) is 9.18 Å². The highest BCUT2D eigenvalue weighted by Crippen LogP contribution is 2.27. The van der Waals surface area contributed by atoms with Crippen LogP contribution in [0.2, 0.25) is 0 Å². The summed E-state index contributed by atoms with van der Waals surface area (Å²) in [4.78, 5) is 24.7. The summed E-state index contributed by atoms with van der Waals surface area (Å²) in [6.07, 6.45) is -1.09. The van der Waals surface area contributed by atoms with E-state index in [1.54, 1.807) is 24.3 Å². The van der Waals surface area contributed by atoms with E-state index in [4.69, 9.17) is 13.9 Å². The number of nitrogens with one attached hydrogen (secondary N) is 1. The molecule has 1 N–H and O–H groups in total. The van der Waals surface area contributed by atoms with Gasteiger partial charge in [0.05, 0.1) is 18.4 Å². The molecule has 0 aliphatic heterocycles. The number of rotatable bonds is 6. The van der Waals surface area contributed by atoms with Crippen molar-refractivity contribution in [2.45, 2.75) is 20.0 Å². The Bertz CT molecular complexity index is 1040. The second kappa shape index (κ2) is 8.60. The molecule has 6 nitrogen and oxygen atoms in total. The monoisotopic (exact) mass is 397 g/mol. The van der Waals surface area contributed by atoms with Crippen molar-refractivity contribution in [2.24, 2.45) is 0 Å². The molecule has 3 rings (SSSR count). The molecule has 0 saturated heterocycles. The first kappa shape index (κ1) is 20.1. The zero-order valence-electron chi connectivity index (χ0n) is 16.2. The molecular formula is C22H20FNO5. The van der Waals surface area contributed by atoms with E-state index in [0.717, 1.165) is 5.56 Å². The summed E-state index contributed by atoms with van der Waals surface area (Å²) in [5.41, 5.74) is 1.63. The number of esters is 1. The van der Waals surface area contributed by atoms with Crippen molar-refractivity contribution in [3.05, 3.63) is 71.7 Å². The molecule has 0 aliphatic rings. The SMILES string of the molecule is COc1ccc(C)cc1NC(=O)[C@H](C)OC(=O)c1ccc(-c2ccccc2F)o1. The maximum atomic E-state index is 13.9. The molecular weight excluding hydrogens is 377 g/mol. The summed E-state index contributed by atoms with van der Waals surface area (Å²) < 4.78 is 29.6. The average molecular weight is 397 g/mol. The van der Waals surface area contributed by atoms with Gasteiger partial charge in [0.2, 0.25) is 5.76 Å². The fourth-order valence-corrected chi connectivity index (χ4v) is 2.68. The van der Waals surface area contributed by atoms with Gasteiger partial charge in [-0.15, -0.1) is 0 Å². The Morgan fingerprint density at radius 3 is 2.59 bits per heavy atom. The van der Waals surface area contributed by atoms with Crippen LogP contribution in [0.5, 0.6) is 5.75 Å². The van der Waals surface area contributed by atoms with Gasteiger partial charge < -0.3 is 19.2 Å². The molecule has 150 valence electrons. The normalized spacial score (nSPS) is 11.6. The Morgan fingerprint density at radius 2 is 1.86 bits per heavy atom. The zero-order valence-corrected chi connectivity index (χ0v) is 16.2. The Morgan fingerprint density at radius 1 is 1.10 bits per heavy atom. The summed E-state index contributed by atoms with van der Waals surface area (Å²) in [6, 6.07) is 14.2. The fraction of sp³-hybridized carbons (Fsp3) is 0.182. The third-order valence-corrected chi connectivity index (χ3v) is 4.21. The van der Waals surface area contributed by atoms with Gasteiger partial charge in [0.15, 0.2) is 6.10 Å². The van der Waals surface area contributed by atoms with E-state index in [0.29, 0.717) is 11.4 Å². The molecule has 7 heteroatoms. The molecule has 1 amide bonds. The summed E-state index contributed by atoms with van der Waals surface area (Å²) in [6.45, 7) is 3.32. The molecule has 2 aromatic carbocycles. The molecule has 0 saturated carbocycles. The van der Waals surface area contributed by atoms with Gasteiger partial charge in [-0.2, -0.15) is 0 Å². The fourth-order valence-electron chi connectivity index (χ4n) is 2.68. The van der Waals surface area contributed by atoms with Crippen LogP contribution in [-0.2, 0) is 9.53 Å². The number of benzene rings is 2. The van der Waals surface area contributed by atoms with E-state index in [9.17, 15) is 14.0 Å². The first-order chi connectivity index (χ1) is 13.9. The highest BCUT2D eigenvalue weighted by molar-refractivity contribution is 5.97. The predicted octanol–water partition coefficient (Wildman–Crippen LogP) is 4.59. The number of amides is 1. The molecule has 0 aliphatic carbocycles. The van der Waals surface area contributed by atoms with E-state index in [1.807, 2.05) is 13.0 Å². The number of carbonyl (C=O) groups is 2. The maximum absolute atomic E-state index is 13.9. The van der Waals surface area contributed by atoms with Gasteiger partial charge in [-0.05, 0) is 55.8 Å². The largest absolute Gasteiger partial charge is 0.495 e. The molecule has 0 unspecified atom stereocenters. The van der Waals surface area contributed by atoms with E-state index in [-0.39, 0.29) is 17.1 Å². The number of hydrogen-bond donors (Lipinski definition) is 1. The number of ether oxygens (including phenoxy) is 2. The summed E-state index contributed by atoms with van der Waals surface area (Å²) >= 11 is 0. The molecule has 1 aromatic heterocycles. The van der Waals surface area contributed by atoms with Crippen molar-refractivity contribution >= 4 is 17.6 Å². The zero-order chi connectivity index (χ0) is 21.0. The number of carbonyl (C=O) groups excluding carboxylic acids is 2. The van der Waals surface area contributed by atoms with Crippen LogP contribution in [0.3, 0.4) is 0 Å². The molecule has 1 heterocycles. The minimum Gasteiger partial charge on any atom is -0.495 e. The topological polar surface area (TPSA) is 77.8 Å². The van der Waals surface area contributed by atoms with Crippen molar-refractivity contribution in [1.82, 2.24) is 0 Å². The third-order valence-electron chi connectivity index (χ3n) is 4.21. The lowest BCUT2D eigenvalue weighted by atomic mass is 10.1. The van der Waals surface area contributed by atoms with E-state index >= 15 is 0 Å². The second-order valence-electron chi connectivity index (χ2n) is 6.38. The second-order valence-corrected chi connectivity index (χ2v) is 6.38. The number of anilines is 1. The smallest absolute Gasteiger partial charge is 0.375 e. The lowest BCUT2D eigenvalue weighted by Gasteiger charge is -2.15. The molecule has 0 spiro atoms. The molecule has 1 atom stereocenters. The lowest BCUT2D eigenvalue weighted by molar-refractivity contribution is -0.123. The van der Waals surface area contributed by atoms with E-state index in [1.165, 1.54) is 38.3 Å². The van der Waals surface area contributed by atoms with Crippen molar-refractivity contribution in [1.29, 1.82) is 0 Å². The average Bonchev–Trinajstić information content (AvgIpc) is 3.18. The number of hydrogen-bond acceptors (Lipinski definition) is 5. The molecule has 29 heavy (non-hydrogen) atoms. The first-order valence-electron chi connectivity index (χ1n) is 8.90. The van der Waals surface area contributed by atoms with Gasteiger partial charge in [0, 0.05) is 0 Å². The highest BCUT2D eigenvalue weighted by Gasteiger charge is 2.23. The minimum absolute atomic E-state index is 0.129. The van der Waals surface area contributed by atoms with Crippen LogP contribution in [0.25, 0.3) is 11.3 Å². The highest BCUT2D eigenvalue weighted by atomic mass is 19.1. The van der Waals surface area contributed by atoms with Crippen LogP contribution in [0.4, 0.5) is 10.1 Å². The summed E-state index contributed by atoms with van der Waals surface area (Å²) in [5, 5.41) is 2.68. The lowest BCUT2D eigenvalue weighted by Crippen LogP contribution is -2.30. The minimum atomic E-state index is -1.09. The number of aryl methyl sites for hydroxylation is 1. The number of methoxy groups -OCH3 is 1. The third kappa shape index (κ3) is 4.63. The number of halogens is 1. The Hall–Kier alpha value is -3.61. The molecule has 0 radical (unpaired) electrons. The van der Waals surface area contributed by atoms with Crippen molar-refractivity contribution < 1.29 is 27.9 Å². The quantitative estimate of drug-likeness (QED) is 0.616. The standard InChI is InChI=1S/C22H20FNO5/c1-13-8-9-19(27-3)17(12-13)24-21(25)14(2)28-22(26)20-11-10-18(29-20)15-6-4-5-7-16(15)23/h4-12,14H,1-3H3,(H,24,25)/t14-/m0/s1. The summed E-state index contributed by atoms with van der Waals surface area (Å²) in [5.74, 6) is -1.27. The molecule has 0 bridgehead atoms. The van der Waals surface area contributed by atoms with Crippen molar-refractivity contribution in [2.75, 3.05) is 12.4 Å². The Kier molecular flexibility index (Phi) is 5.97. The summed E-state index contributed by atoms with van der Waals surface area (Å²) in [7, 11) is 1.49. The Labute approximate surface area is 167 Å². The van der Waals surface area contributed by atoms with E-state index < -0.39 is 23.8 Å². The first-order valence-corrected chi connectivity index (χ1v) is 8.90. The van der Waals surface area contributed by atoms with Crippen LogP contribution < -0.4 is 10.1 Å². The van der Waals surface area contributed by atoms with Gasteiger partial charge in [0.1, 0.15) is 17.3 Å². The van der Waals surface area contributed by atoms with Crippen LogP contribution in [0, 0.1) is 12.7 Å². The van der Waals surface area contributed by atoms with Gasteiger partial charge in [0.25, 0.3) is 5.91 Å². The van der Waals surface area contributed by atoms with E-state index in [2.05, 4.69) is 5.32 Å². The van der Waals surface area contributed by atoms with Crippen molar-refractivity contribution in [3.8, 4) is 17.1 Å².